The standard InChI is InChI=1S/C36H70NO11P/c1-3-5-7-9-11-13-15-17-19-21-23-25-34(39)45-31-33(32-47-49(42,43)46-29-27-37-36(41)44-30-28-38)48-35(40)26-24-22-20-18-16-14-12-10-8-6-4-2/h33,38H,3-32H2,1-2H3,(H,37,41)(H,42,43). The molecule has 13 heteroatoms. The molecule has 1 amide bonds. The van der Waals surface area contributed by atoms with Crippen LogP contribution in [0.15, 0.2) is 0 Å². The largest absolute Gasteiger partial charge is 0.472 e. The van der Waals surface area contributed by atoms with E-state index in [1.54, 1.807) is 0 Å². The van der Waals surface area contributed by atoms with Crippen molar-refractivity contribution in [1.29, 1.82) is 0 Å². The fraction of sp³-hybridized carbons (Fsp3) is 0.917. The van der Waals surface area contributed by atoms with Crippen LogP contribution in [0.25, 0.3) is 0 Å². The van der Waals surface area contributed by atoms with Gasteiger partial charge in [-0.2, -0.15) is 0 Å². The van der Waals surface area contributed by atoms with E-state index >= 15 is 0 Å². The van der Waals surface area contributed by atoms with Crippen molar-refractivity contribution >= 4 is 25.9 Å². The van der Waals surface area contributed by atoms with Crippen LogP contribution in [0, 0.1) is 0 Å². The van der Waals surface area contributed by atoms with Gasteiger partial charge in [-0.05, 0) is 12.8 Å². The summed E-state index contributed by atoms with van der Waals surface area (Å²) < 4.78 is 37.7. The van der Waals surface area contributed by atoms with Gasteiger partial charge in [-0.1, -0.05) is 142 Å². The molecule has 0 radical (unpaired) electrons. The Morgan fingerprint density at radius 1 is 0.592 bits per heavy atom. The SMILES string of the molecule is CCCCCCCCCCCCCC(=O)OCC(COP(=O)(O)OCCNC(=O)OCCO)OC(=O)CCCCCCCCCCCCC. The maximum atomic E-state index is 12.6. The average molecular weight is 724 g/mol. The van der Waals surface area contributed by atoms with Gasteiger partial charge in [0.2, 0.25) is 0 Å². The third kappa shape index (κ3) is 34.5. The predicted molar refractivity (Wildman–Crippen MR) is 191 cm³/mol. The molecule has 0 rings (SSSR count). The van der Waals surface area contributed by atoms with Gasteiger partial charge in [0.05, 0.1) is 19.8 Å². The highest BCUT2D eigenvalue weighted by Gasteiger charge is 2.26. The zero-order valence-electron chi connectivity index (χ0n) is 30.8. The lowest BCUT2D eigenvalue weighted by Gasteiger charge is -2.20. The number of esters is 2. The minimum atomic E-state index is -4.57. The Hall–Kier alpha value is -1.72. The molecule has 290 valence electrons. The quantitative estimate of drug-likeness (QED) is 0.0245. The molecule has 0 spiro atoms. The number of carbonyl (C=O) groups is 3. The summed E-state index contributed by atoms with van der Waals surface area (Å²) in [4.78, 5) is 46.4. The Labute approximate surface area is 296 Å². The van der Waals surface area contributed by atoms with Crippen LogP contribution in [-0.2, 0) is 37.4 Å². The van der Waals surface area contributed by atoms with Crippen LogP contribution in [0.2, 0.25) is 0 Å². The van der Waals surface area contributed by atoms with Crippen molar-refractivity contribution in [1.82, 2.24) is 5.32 Å². The van der Waals surface area contributed by atoms with E-state index in [1.807, 2.05) is 0 Å². The molecule has 0 fully saturated rings. The highest BCUT2D eigenvalue weighted by molar-refractivity contribution is 7.47. The third-order valence-electron chi connectivity index (χ3n) is 8.07. The summed E-state index contributed by atoms with van der Waals surface area (Å²) >= 11 is 0. The third-order valence-corrected chi connectivity index (χ3v) is 9.06. The first kappa shape index (κ1) is 47.3. The van der Waals surface area contributed by atoms with Crippen molar-refractivity contribution in [3.63, 3.8) is 0 Å². The number of amides is 1. The molecule has 12 nitrogen and oxygen atoms in total. The maximum Gasteiger partial charge on any atom is 0.472 e. The zero-order chi connectivity index (χ0) is 36.3. The second kappa shape index (κ2) is 34.7. The Balaban J connectivity index is 4.51. The smallest absolute Gasteiger partial charge is 0.462 e. The fourth-order valence-electron chi connectivity index (χ4n) is 5.20. The molecule has 0 aromatic carbocycles. The van der Waals surface area contributed by atoms with Crippen LogP contribution in [0.1, 0.15) is 168 Å². The number of aliphatic hydroxyl groups is 1. The molecule has 0 aliphatic rings. The molecular formula is C36H70NO11P. The van der Waals surface area contributed by atoms with Gasteiger partial charge in [0, 0.05) is 19.4 Å². The van der Waals surface area contributed by atoms with Gasteiger partial charge in [-0.15, -0.1) is 0 Å². The van der Waals surface area contributed by atoms with Crippen LogP contribution in [0.4, 0.5) is 4.79 Å². The fourth-order valence-corrected chi connectivity index (χ4v) is 5.96. The van der Waals surface area contributed by atoms with E-state index in [9.17, 15) is 23.8 Å². The lowest BCUT2D eigenvalue weighted by molar-refractivity contribution is -0.161. The molecule has 0 aromatic rings. The van der Waals surface area contributed by atoms with Crippen molar-refractivity contribution in [3.05, 3.63) is 0 Å². The lowest BCUT2D eigenvalue weighted by Crippen LogP contribution is -2.30. The van der Waals surface area contributed by atoms with E-state index in [-0.39, 0.29) is 45.8 Å². The highest BCUT2D eigenvalue weighted by atomic mass is 31.2. The molecule has 0 saturated carbocycles. The molecule has 0 saturated heterocycles. The Morgan fingerprint density at radius 2 is 1.04 bits per heavy atom. The summed E-state index contributed by atoms with van der Waals surface area (Å²) in [5.74, 6) is -0.921. The molecule has 0 heterocycles. The molecule has 2 unspecified atom stereocenters. The topological polar surface area (TPSA) is 167 Å². The molecule has 0 bridgehead atoms. The van der Waals surface area contributed by atoms with Gasteiger partial charge in [-0.25, -0.2) is 9.36 Å². The first-order chi connectivity index (χ1) is 23.7. The van der Waals surface area contributed by atoms with Gasteiger partial charge in [0.15, 0.2) is 6.10 Å². The molecule has 2 atom stereocenters. The number of phosphoric ester groups is 1. The number of alkyl carbamates (subject to hydrolysis) is 1. The first-order valence-electron chi connectivity index (χ1n) is 19.2. The second-order valence-corrected chi connectivity index (χ2v) is 14.2. The average Bonchev–Trinajstić information content (AvgIpc) is 3.08. The molecule has 0 aliphatic heterocycles. The number of hydrogen-bond donors (Lipinski definition) is 3. The zero-order valence-corrected chi connectivity index (χ0v) is 31.7. The van der Waals surface area contributed by atoms with Crippen molar-refractivity contribution in [2.75, 3.05) is 39.6 Å². The number of carbonyl (C=O) groups excluding carboxylic acids is 3. The van der Waals surface area contributed by atoms with E-state index < -0.39 is 38.6 Å². The Morgan fingerprint density at radius 3 is 1.51 bits per heavy atom. The Bertz CT molecular complexity index is 846. The molecule has 3 N–H and O–H groups in total. The van der Waals surface area contributed by atoms with Crippen LogP contribution in [0.5, 0.6) is 0 Å². The van der Waals surface area contributed by atoms with E-state index in [1.165, 1.54) is 89.9 Å². The monoisotopic (exact) mass is 723 g/mol. The van der Waals surface area contributed by atoms with Crippen LogP contribution in [0.3, 0.4) is 0 Å². The number of aliphatic hydroxyl groups excluding tert-OH is 1. The number of nitrogens with one attached hydrogen (secondary N) is 1. The van der Waals surface area contributed by atoms with Gasteiger partial charge in [0.1, 0.15) is 13.2 Å². The van der Waals surface area contributed by atoms with E-state index in [2.05, 4.69) is 23.9 Å². The Kier molecular flexibility index (Phi) is 33.5. The van der Waals surface area contributed by atoms with Crippen molar-refractivity contribution in [2.24, 2.45) is 0 Å². The van der Waals surface area contributed by atoms with Crippen LogP contribution in [-0.4, -0.2) is 73.7 Å². The van der Waals surface area contributed by atoms with E-state index in [0.717, 1.165) is 38.5 Å². The van der Waals surface area contributed by atoms with E-state index in [4.69, 9.17) is 23.6 Å². The predicted octanol–water partition coefficient (Wildman–Crippen LogP) is 8.70. The van der Waals surface area contributed by atoms with Crippen molar-refractivity contribution < 1.29 is 52.2 Å². The van der Waals surface area contributed by atoms with Gasteiger partial charge >= 0.3 is 25.9 Å². The number of unbranched alkanes of at least 4 members (excludes halogenated alkanes) is 20. The number of ether oxygens (including phenoxy) is 3. The highest BCUT2D eigenvalue weighted by Crippen LogP contribution is 2.43. The van der Waals surface area contributed by atoms with Crippen molar-refractivity contribution in [2.45, 2.75) is 174 Å². The minimum absolute atomic E-state index is 0.147. The normalized spacial score (nSPS) is 13.1. The van der Waals surface area contributed by atoms with Gasteiger partial charge in [-0.3, -0.25) is 18.6 Å². The summed E-state index contributed by atoms with van der Waals surface area (Å²) in [7, 11) is -4.57. The number of hydrogen-bond acceptors (Lipinski definition) is 10. The maximum absolute atomic E-state index is 12.6. The molecular weight excluding hydrogens is 653 g/mol. The van der Waals surface area contributed by atoms with Gasteiger partial charge < -0.3 is 29.5 Å². The second-order valence-electron chi connectivity index (χ2n) is 12.7. The summed E-state index contributed by atoms with van der Waals surface area (Å²) in [5.41, 5.74) is 0. The summed E-state index contributed by atoms with van der Waals surface area (Å²) in [6.45, 7) is 2.59. The summed E-state index contributed by atoms with van der Waals surface area (Å²) in [5, 5.41) is 11.0. The molecule has 0 aromatic heterocycles. The van der Waals surface area contributed by atoms with Crippen molar-refractivity contribution in [3.8, 4) is 0 Å². The lowest BCUT2D eigenvalue weighted by atomic mass is 10.1. The minimum Gasteiger partial charge on any atom is -0.462 e. The van der Waals surface area contributed by atoms with Gasteiger partial charge in [0.25, 0.3) is 0 Å². The summed E-state index contributed by atoms with van der Waals surface area (Å²) in [6, 6.07) is 0. The molecule has 0 aliphatic carbocycles. The van der Waals surface area contributed by atoms with Crippen LogP contribution >= 0.6 is 7.82 Å². The number of rotatable bonds is 36. The summed E-state index contributed by atoms with van der Waals surface area (Å²) in [6.07, 6.45) is 24.0. The first-order valence-corrected chi connectivity index (χ1v) is 20.7. The van der Waals surface area contributed by atoms with Crippen LogP contribution < -0.4 is 5.32 Å². The number of phosphoric acid groups is 1. The van der Waals surface area contributed by atoms with E-state index in [0.29, 0.717) is 12.8 Å². The molecule has 49 heavy (non-hydrogen) atoms.